The first-order valence-corrected chi connectivity index (χ1v) is 11.8. The van der Waals surface area contributed by atoms with E-state index >= 15 is 0 Å². The lowest BCUT2D eigenvalue weighted by molar-refractivity contribution is 0.0730. The molecule has 5 rings (SSSR count). The summed E-state index contributed by atoms with van der Waals surface area (Å²) >= 11 is 6.22. The molecule has 5 nitrogen and oxygen atoms in total. The molecule has 2 aliphatic heterocycles. The minimum Gasteiger partial charge on any atom is -0.379 e. The first-order chi connectivity index (χ1) is 14.0. The van der Waals surface area contributed by atoms with E-state index < -0.39 is 10.0 Å². The molecule has 2 heterocycles. The maximum absolute atomic E-state index is 12.9. The Morgan fingerprint density at radius 1 is 1.07 bits per heavy atom. The zero-order chi connectivity index (χ0) is 20.0. The van der Waals surface area contributed by atoms with Crippen molar-refractivity contribution in [2.24, 2.45) is 5.92 Å². The molecule has 0 saturated carbocycles. The van der Waals surface area contributed by atoms with E-state index in [1.807, 2.05) is 30.3 Å². The Morgan fingerprint density at radius 3 is 2.59 bits per heavy atom. The van der Waals surface area contributed by atoms with Crippen LogP contribution in [0.1, 0.15) is 29.5 Å². The predicted octanol–water partition coefficient (Wildman–Crippen LogP) is 4.19. The molecule has 2 aromatic rings. The molecule has 0 aromatic heterocycles. The van der Waals surface area contributed by atoms with E-state index in [1.165, 1.54) is 9.87 Å². The molecule has 1 saturated heterocycles. The van der Waals surface area contributed by atoms with E-state index in [0.717, 1.165) is 22.7 Å². The van der Waals surface area contributed by atoms with Crippen LogP contribution in [0, 0.1) is 5.92 Å². The molecule has 0 spiro atoms. The molecule has 0 amide bonds. The highest BCUT2D eigenvalue weighted by Crippen LogP contribution is 2.50. The highest BCUT2D eigenvalue weighted by Gasteiger charge is 2.38. The van der Waals surface area contributed by atoms with Crippen LogP contribution < -0.4 is 5.32 Å². The number of rotatable bonds is 3. The quantitative estimate of drug-likeness (QED) is 0.742. The van der Waals surface area contributed by atoms with Gasteiger partial charge < -0.3 is 10.1 Å². The van der Waals surface area contributed by atoms with Gasteiger partial charge in [0, 0.05) is 29.7 Å². The number of nitrogens with zero attached hydrogens (tertiary/aromatic N) is 1. The van der Waals surface area contributed by atoms with Crippen molar-refractivity contribution < 1.29 is 13.2 Å². The molecule has 1 N–H and O–H groups in total. The Kier molecular flexibility index (Phi) is 4.90. The summed E-state index contributed by atoms with van der Waals surface area (Å²) in [5.41, 5.74) is 3.43. The van der Waals surface area contributed by atoms with Gasteiger partial charge in [0.05, 0.1) is 24.2 Å². The summed E-state index contributed by atoms with van der Waals surface area (Å²) in [5.74, 6) is 0.717. The number of allylic oxidation sites excluding steroid dienone is 2. The van der Waals surface area contributed by atoms with E-state index in [4.69, 9.17) is 16.3 Å². The maximum atomic E-state index is 12.9. The molecule has 0 unspecified atom stereocenters. The summed E-state index contributed by atoms with van der Waals surface area (Å²) < 4.78 is 32.5. The van der Waals surface area contributed by atoms with Crippen molar-refractivity contribution in [2.75, 3.05) is 31.6 Å². The number of sulfonamides is 1. The molecule has 0 bridgehead atoms. The number of benzene rings is 2. The second-order valence-corrected chi connectivity index (χ2v) is 10.2. The topological polar surface area (TPSA) is 58.6 Å². The summed E-state index contributed by atoms with van der Waals surface area (Å²) in [6.07, 6.45) is 5.49. The monoisotopic (exact) mass is 430 g/mol. The van der Waals surface area contributed by atoms with Gasteiger partial charge >= 0.3 is 0 Å². The Morgan fingerprint density at radius 2 is 1.83 bits per heavy atom. The highest BCUT2D eigenvalue weighted by molar-refractivity contribution is 7.89. The molecule has 1 fully saturated rings. The average molecular weight is 431 g/mol. The SMILES string of the molecule is O=S(=O)(c1ccc([C@@H]2Nc3ccc(Cl)cc3[C@@H]3C=CC[C@@H]32)cc1)N1CCOCC1. The minimum absolute atomic E-state index is 0.129. The Hall–Kier alpha value is -1.86. The van der Waals surface area contributed by atoms with Crippen molar-refractivity contribution in [2.45, 2.75) is 23.3 Å². The molecule has 152 valence electrons. The van der Waals surface area contributed by atoms with Gasteiger partial charge in [-0.15, -0.1) is 0 Å². The van der Waals surface area contributed by atoms with Crippen molar-refractivity contribution in [3.63, 3.8) is 0 Å². The molecule has 2 aromatic carbocycles. The number of morpholine rings is 1. The number of halogens is 1. The fourth-order valence-electron chi connectivity index (χ4n) is 4.68. The second kappa shape index (κ2) is 7.43. The van der Waals surface area contributed by atoms with Crippen LogP contribution in [0.2, 0.25) is 5.02 Å². The van der Waals surface area contributed by atoms with Gasteiger partial charge in [0.2, 0.25) is 10.0 Å². The van der Waals surface area contributed by atoms with Crippen LogP contribution in [0.5, 0.6) is 0 Å². The van der Waals surface area contributed by atoms with Crippen molar-refractivity contribution >= 4 is 27.3 Å². The lowest BCUT2D eigenvalue weighted by atomic mass is 9.77. The first-order valence-electron chi connectivity index (χ1n) is 9.94. The van der Waals surface area contributed by atoms with Crippen LogP contribution in [-0.2, 0) is 14.8 Å². The third kappa shape index (κ3) is 3.38. The van der Waals surface area contributed by atoms with E-state index in [-0.39, 0.29) is 6.04 Å². The van der Waals surface area contributed by atoms with E-state index in [2.05, 4.69) is 17.5 Å². The zero-order valence-electron chi connectivity index (χ0n) is 15.9. The van der Waals surface area contributed by atoms with E-state index in [1.54, 1.807) is 12.1 Å². The average Bonchev–Trinajstić information content (AvgIpc) is 3.24. The molecular weight excluding hydrogens is 408 g/mol. The Labute approximate surface area is 176 Å². The zero-order valence-corrected chi connectivity index (χ0v) is 17.5. The summed E-state index contributed by atoms with van der Waals surface area (Å²) in [4.78, 5) is 0.340. The van der Waals surface area contributed by atoms with Gasteiger partial charge in [0.15, 0.2) is 0 Å². The van der Waals surface area contributed by atoms with E-state index in [9.17, 15) is 8.42 Å². The maximum Gasteiger partial charge on any atom is 0.243 e. The van der Waals surface area contributed by atoms with Crippen molar-refractivity contribution in [3.05, 3.63) is 70.8 Å². The van der Waals surface area contributed by atoms with Gasteiger partial charge in [-0.05, 0) is 53.8 Å². The molecule has 7 heteroatoms. The number of hydrogen-bond donors (Lipinski definition) is 1. The van der Waals surface area contributed by atoms with Crippen LogP contribution in [0.3, 0.4) is 0 Å². The van der Waals surface area contributed by atoms with Crippen molar-refractivity contribution in [1.29, 1.82) is 0 Å². The summed E-state index contributed by atoms with van der Waals surface area (Å²) in [6, 6.07) is 13.5. The standard InChI is InChI=1S/C22H23ClN2O3S/c23-16-6-9-21-20(14-16)18-2-1-3-19(18)22(24-21)15-4-7-17(8-5-15)29(26,27)25-10-12-28-13-11-25/h1-2,4-9,14,18-19,22,24H,3,10-13H2/t18-,19+,22+/m1/s1. The fourth-order valence-corrected chi connectivity index (χ4v) is 6.27. The Bertz CT molecular complexity index is 1050. The van der Waals surface area contributed by atoms with Crippen LogP contribution in [-0.4, -0.2) is 39.0 Å². The number of nitrogens with one attached hydrogen (secondary N) is 1. The number of hydrogen-bond acceptors (Lipinski definition) is 4. The summed E-state index contributed by atoms with van der Waals surface area (Å²) in [7, 11) is -3.47. The summed E-state index contributed by atoms with van der Waals surface area (Å²) in [5, 5.41) is 4.41. The van der Waals surface area contributed by atoms with Gasteiger partial charge in [-0.2, -0.15) is 4.31 Å². The van der Waals surface area contributed by atoms with E-state index in [0.29, 0.717) is 43.0 Å². The Balaban J connectivity index is 1.44. The highest BCUT2D eigenvalue weighted by atomic mass is 35.5. The van der Waals surface area contributed by atoms with Gasteiger partial charge in [0.1, 0.15) is 0 Å². The number of anilines is 1. The largest absolute Gasteiger partial charge is 0.379 e. The van der Waals surface area contributed by atoms with Gasteiger partial charge in [0.25, 0.3) is 0 Å². The van der Waals surface area contributed by atoms with Crippen LogP contribution >= 0.6 is 11.6 Å². The lowest BCUT2D eigenvalue weighted by Gasteiger charge is -2.37. The molecular formula is C22H23ClN2O3S. The van der Waals surface area contributed by atoms with Crippen LogP contribution in [0.15, 0.2) is 59.5 Å². The van der Waals surface area contributed by atoms with Crippen molar-refractivity contribution in [1.82, 2.24) is 4.31 Å². The normalized spacial score (nSPS) is 26.6. The third-order valence-electron chi connectivity index (χ3n) is 6.17. The molecule has 0 radical (unpaired) electrons. The smallest absolute Gasteiger partial charge is 0.243 e. The van der Waals surface area contributed by atoms with Gasteiger partial charge in [-0.3, -0.25) is 0 Å². The number of fused-ring (bicyclic) bond motifs is 3. The molecule has 3 atom stereocenters. The fraction of sp³-hybridized carbons (Fsp3) is 0.364. The predicted molar refractivity (Wildman–Crippen MR) is 114 cm³/mol. The van der Waals surface area contributed by atoms with Crippen LogP contribution in [0.4, 0.5) is 5.69 Å². The van der Waals surface area contributed by atoms with Crippen LogP contribution in [0.25, 0.3) is 0 Å². The lowest BCUT2D eigenvalue weighted by Crippen LogP contribution is -2.40. The second-order valence-electron chi connectivity index (χ2n) is 7.79. The van der Waals surface area contributed by atoms with Gasteiger partial charge in [-0.1, -0.05) is 35.9 Å². The van der Waals surface area contributed by atoms with Gasteiger partial charge in [-0.25, -0.2) is 8.42 Å². The number of ether oxygens (including phenoxy) is 1. The minimum atomic E-state index is -3.47. The summed E-state index contributed by atoms with van der Waals surface area (Å²) in [6.45, 7) is 1.71. The third-order valence-corrected chi connectivity index (χ3v) is 8.32. The molecule has 29 heavy (non-hydrogen) atoms. The molecule has 3 aliphatic rings. The van der Waals surface area contributed by atoms with Crippen molar-refractivity contribution in [3.8, 4) is 0 Å². The first kappa shape index (κ1) is 19.1. The molecule has 1 aliphatic carbocycles.